The molecular formula is C21H22F2N2O. The second-order valence-corrected chi connectivity index (χ2v) is 7.25. The molecule has 4 rings (SSSR count). The summed E-state index contributed by atoms with van der Waals surface area (Å²) in [6.45, 7) is 1.45. The Morgan fingerprint density at radius 1 is 1.00 bits per heavy atom. The number of hydrogen-bond acceptors (Lipinski definition) is 2. The number of likely N-dealkylation sites (tertiary alicyclic amines) is 1. The molecule has 0 radical (unpaired) electrons. The van der Waals surface area contributed by atoms with Crippen LogP contribution >= 0.6 is 0 Å². The molecule has 1 aliphatic heterocycles. The van der Waals surface area contributed by atoms with E-state index < -0.39 is 0 Å². The van der Waals surface area contributed by atoms with Gasteiger partial charge in [-0.2, -0.15) is 0 Å². The van der Waals surface area contributed by atoms with Crippen LogP contribution in [0.4, 0.5) is 14.5 Å². The molecule has 26 heavy (non-hydrogen) atoms. The van der Waals surface area contributed by atoms with Crippen molar-refractivity contribution >= 4 is 11.6 Å². The van der Waals surface area contributed by atoms with E-state index in [1.165, 1.54) is 24.3 Å². The number of piperidine rings is 1. The Kier molecular flexibility index (Phi) is 4.62. The SMILES string of the molecule is O=C([C@@H]1C[C@@H]1c1cccc(F)c1)N1CCC(Nc2ccc(F)cc2)CC1. The number of amides is 1. The maximum Gasteiger partial charge on any atom is 0.226 e. The maximum absolute atomic E-state index is 13.4. The fourth-order valence-electron chi connectivity index (χ4n) is 3.83. The van der Waals surface area contributed by atoms with Crippen LogP contribution in [0.1, 0.15) is 30.7 Å². The van der Waals surface area contributed by atoms with E-state index >= 15 is 0 Å². The molecule has 1 amide bonds. The smallest absolute Gasteiger partial charge is 0.226 e. The highest BCUT2D eigenvalue weighted by atomic mass is 19.1. The highest BCUT2D eigenvalue weighted by Crippen LogP contribution is 2.48. The summed E-state index contributed by atoms with van der Waals surface area (Å²) in [4.78, 5) is 14.6. The van der Waals surface area contributed by atoms with Crippen LogP contribution in [0.3, 0.4) is 0 Å². The van der Waals surface area contributed by atoms with Gasteiger partial charge in [-0.3, -0.25) is 4.79 Å². The van der Waals surface area contributed by atoms with E-state index in [0.717, 1.165) is 43.6 Å². The molecule has 2 aromatic rings. The first kappa shape index (κ1) is 17.0. The van der Waals surface area contributed by atoms with E-state index in [0.29, 0.717) is 6.04 Å². The molecule has 2 fully saturated rings. The van der Waals surface area contributed by atoms with E-state index in [4.69, 9.17) is 0 Å². The van der Waals surface area contributed by atoms with Gasteiger partial charge in [0.25, 0.3) is 0 Å². The van der Waals surface area contributed by atoms with Crippen LogP contribution in [0.15, 0.2) is 48.5 Å². The van der Waals surface area contributed by atoms with Gasteiger partial charge in [-0.1, -0.05) is 12.1 Å². The average Bonchev–Trinajstić information content (AvgIpc) is 3.45. The topological polar surface area (TPSA) is 32.3 Å². The summed E-state index contributed by atoms with van der Waals surface area (Å²) in [6, 6.07) is 13.2. The monoisotopic (exact) mass is 356 g/mol. The molecule has 2 aromatic carbocycles. The molecule has 2 aliphatic rings. The Morgan fingerprint density at radius 3 is 2.42 bits per heavy atom. The van der Waals surface area contributed by atoms with Crippen molar-refractivity contribution in [3.63, 3.8) is 0 Å². The summed E-state index contributed by atoms with van der Waals surface area (Å²) in [6.07, 6.45) is 2.57. The Hall–Kier alpha value is -2.43. The summed E-state index contributed by atoms with van der Waals surface area (Å²) in [5.74, 6) is -0.132. The van der Waals surface area contributed by atoms with Crippen molar-refractivity contribution < 1.29 is 13.6 Å². The number of benzene rings is 2. The molecule has 0 bridgehead atoms. The molecule has 0 aromatic heterocycles. The van der Waals surface area contributed by atoms with Crippen LogP contribution in [0, 0.1) is 17.6 Å². The van der Waals surface area contributed by atoms with Gasteiger partial charge in [0, 0.05) is 30.7 Å². The van der Waals surface area contributed by atoms with E-state index in [1.807, 2.05) is 11.0 Å². The van der Waals surface area contributed by atoms with Crippen molar-refractivity contribution in [2.24, 2.45) is 5.92 Å². The summed E-state index contributed by atoms with van der Waals surface area (Å²) in [7, 11) is 0. The van der Waals surface area contributed by atoms with Crippen molar-refractivity contribution in [3.8, 4) is 0 Å². The number of halogens is 2. The molecule has 1 saturated carbocycles. The van der Waals surface area contributed by atoms with Crippen molar-refractivity contribution in [2.45, 2.75) is 31.2 Å². The van der Waals surface area contributed by atoms with E-state index in [2.05, 4.69) is 5.32 Å². The molecule has 5 heteroatoms. The number of hydrogen-bond donors (Lipinski definition) is 1. The number of carbonyl (C=O) groups is 1. The summed E-state index contributed by atoms with van der Waals surface area (Å²) in [5, 5.41) is 3.41. The molecular weight excluding hydrogens is 334 g/mol. The molecule has 0 spiro atoms. The lowest BCUT2D eigenvalue weighted by Gasteiger charge is -2.33. The van der Waals surface area contributed by atoms with E-state index in [1.54, 1.807) is 18.2 Å². The maximum atomic E-state index is 13.4. The molecule has 2 atom stereocenters. The first-order chi connectivity index (χ1) is 12.6. The van der Waals surface area contributed by atoms with Gasteiger partial charge in [-0.15, -0.1) is 0 Å². The first-order valence-corrected chi connectivity index (χ1v) is 9.16. The lowest BCUT2D eigenvalue weighted by Crippen LogP contribution is -2.43. The largest absolute Gasteiger partial charge is 0.382 e. The van der Waals surface area contributed by atoms with E-state index in [9.17, 15) is 13.6 Å². The van der Waals surface area contributed by atoms with E-state index in [-0.39, 0.29) is 29.4 Å². The molecule has 136 valence electrons. The lowest BCUT2D eigenvalue weighted by atomic mass is 10.0. The van der Waals surface area contributed by atoms with Gasteiger partial charge in [0.2, 0.25) is 5.91 Å². The Labute approximate surface area is 152 Å². The Balaban J connectivity index is 1.28. The number of rotatable bonds is 4. The van der Waals surface area contributed by atoms with Crippen LogP contribution in [0.2, 0.25) is 0 Å². The van der Waals surface area contributed by atoms with Crippen molar-refractivity contribution in [1.82, 2.24) is 4.90 Å². The fraction of sp³-hybridized carbons (Fsp3) is 0.381. The summed E-state index contributed by atoms with van der Waals surface area (Å²) < 4.78 is 26.3. The van der Waals surface area contributed by atoms with Crippen LogP contribution in [-0.2, 0) is 4.79 Å². The van der Waals surface area contributed by atoms with Gasteiger partial charge >= 0.3 is 0 Å². The Bertz CT molecular complexity index is 785. The zero-order valence-electron chi connectivity index (χ0n) is 14.5. The molecule has 1 heterocycles. The highest BCUT2D eigenvalue weighted by Gasteiger charge is 2.46. The van der Waals surface area contributed by atoms with Gasteiger partial charge in [0.1, 0.15) is 11.6 Å². The molecule has 1 aliphatic carbocycles. The van der Waals surface area contributed by atoms with Gasteiger partial charge in [0.05, 0.1) is 0 Å². The lowest BCUT2D eigenvalue weighted by molar-refractivity contribution is -0.133. The van der Waals surface area contributed by atoms with Gasteiger partial charge in [-0.25, -0.2) is 8.78 Å². The third kappa shape index (κ3) is 3.71. The van der Waals surface area contributed by atoms with Crippen molar-refractivity contribution in [1.29, 1.82) is 0 Å². The zero-order valence-corrected chi connectivity index (χ0v) is 14.5. The fourth-order valence-corrected chi connectivity index (χ4v) is 3.83. The van der Waals surface area contributed by atoms with Crippen LogP contribution in [0.25, 0.3) is 0 Å². The second kappa shape index (κ2) is 7.06. The average molecular weight is 356 g/mol. The third-order valence-corrected chi connectivity index (χ3v) is 5.41. The zero-order chi connectivity index (χ0) is 18.1. The number of nitrogens with zero attached hydrogens (tertiary/aromatic N) is 1. The number of nitrogens with one attached hydrogen (secondary N) is 1. The molecule has 1 N–H and O–H groups in total. The predicted octanol–water partition coefficient (Wildman–Crippen LogP) is 4.17. The minimum absolute atomic E-state index is 0.00147. The first-order valence-electron chi connectivity index (χ1n) is 9.16. The van der Waals surface area contributed by atoms with Crippen LogP contribution in [0.5, 0.6) is 0 Å². The minimum Gasteiger partial charge on any atom is -0.382 e. The predicted molar refractivity (Wildman–Crippen MR) is 96.9 cm³/mol. The van der Waals surface area contributed by atoms with Gasteiger partial charge in [0.15, 0.2) is 0 Å². The minimum atomic E-state index is -0.242. The second-order valence-electron chi connectivity index (χ2n) is 7.25. The molecule has 0 unspecified atom stereocenters. The van der Waals surface area contributed by atoms with Crippen LogP contribution < -0.4 is 5.32 Å². The number of anilines is 1. The quantitative estimate of drug-likeness (QED) is 0.892. The molecule has 1 saturated heterocycles. The summed E-state index contributed by atoms with van der Waals surface area (Å²) in [5.41, 5.74) is 1.83. The van der Waals surface area contributed by atoms with Gasteiger partial charge < -0.3 is 10.2 Å². The number of carbonyl (C=O) groups excluding carboxylic acids is 1. The third-order valence-electron chi connectivity index (χ3n) is 5.41. The molecule has 3 nitrogen and oxygen atoms in total. The highest BCUT2D eigenvalue weighted by molar-refractivity contribution is 5.83. The standard InChI is InChI=1S/C21H22F2N2O/c22-15-4-6-17(7-5-15)24-18-8-10-25(11-9-18)21(26)20-13-19(20)14-2-1-3-16(23)12-14/h1-7,12,18-20,24H,8-11,13H2/t19-,20-/m1/s1. The van der Waals surface area contributed by atoms with Gasteiger partial charge in [-0.05, 0) is 67.1 Å². The van der Waals surface area contributed by atoms with Crippen molar-refractivity contribution in [3.05, 3.63) is 65.7 Å². The normalized spacial score (nSPS) is 22.9. The Morgan fingerprint density at radius 2 is 1.73 bits per heavy atom. The summed E-state index contributed by atoms with van der Waals surface area (Å²) >= 11 is 0. The van der Waals surface area contributed by atoms with Crippen molar-refractivity contribution in [2.75, 3.05) is 18.4 Å². The van der Waals surface area contributed by atoms with Crippen LogP contribution in [-0.4, -0.2) is 29.9 Å².